The van der Waals surface area contributed by atoms with Gasteiger partial charge >= 0.3 is 6.03 Å². The monoisotopic (exact) mass is 344 g/mol. The van der Waals surface area contributed by atoms with Gasteiger partial charge in [-0.1, -0.05) is 0 Å². The van der Waals surface area contributed by atoms with Crippen molar-refractivity contribution < 1.29 is 4.79 Å². The summed E-state index contributed by atoms with van der Waals surface area (Å²) in [5.74, 6) is 0. The summed E-state index contributed by atoms with van der Waals surface area (Å²) < 4.78 is 0. The SMILES string of the molecule is Cc1csc(CNC(=O)Nc2ccc(-c3nc(C)cs3)cc2)n1. The Morgan fingerprint density at radius 2 is 1.74 bits per heavy atom. The molecule has 0 aliphatic heterocycles. The summed E-state index contributed by atoms with van der Waals surface area (Å²) in [5.41, 5.74) is 3.78. The lowest BCUT2D eigenvalue weighted by atomic mass is 10.2. The first-order valence-electron chi connectivity index (χ1n) is 7.08. The lowest BCUT2D eigenvalue weighted by molar-refractivity contribution is 0.251. The molecule has 3 rings (SSSR count). The van der Waals surface area contributed by atoms with Crippen LogP contribution in [0.2, 0.25) is 0 Å². The van der Waals surface area contributed by atoms with Crippen molar-refractivity contribution >= 4 is 34.4 Å². The molecule has 0 unspecified atom stereocenters. The number of aryl methyl sites for hydroxylation is 2. The molecule has 0 saturated heterocycles. The van der Waals surface area contributed by atoms with E-state index in [2.05, 4.69) is 20.6 Å². The van der Waals surface area contributed by atoms with Gasteiger partial charge in [0.1, 0.15) is 10.0 Å². The zero-order chi connectivity index (χ0) is 16.2. The molecule has 2 N–H and O–H groups in total. The summed E-state index contributed by atoms with van der Waals surface area (Å²) in [6.45, 7) is 4.34. The van der Waals surface area contributed by atoms with Crippen LogP contribution < -0.4 is 10.6 Å². The highest BCUT2D eigenvalue weighted by Gasteiger charge is 2.06. The van der Waals surface area contributed by atoms with Gasteiger partial charge < -0.3 is 10.6 Å². The van der Waals surface area contributed by atoms with Crippen molar-refractivity contribution in [3.63, 3.8) is 0 Å². The van der Waals surface area contributed by atoms with E-state index in [0.717, 1.165) is 32.7 Å². The third kappa shape index (κ3) is 4.14. The van der Waals surface area contributed by atoms with Crippen LogP contribution in [-0.4, -0.2) is 16.0 Å². The smallest absolute Gasteiger partial charge is 0.319 e. The number of benzene rings is 1. The van der Waals surface area contributed by atoms with Crippen molar-refractivity contribution in [3.8, 4) is 10.6 Å². The van der Waals surface area contributed by atoms with E-state index in [1.54, 1.807) is 11.3 Å². The van der Waals surface area contributed by atoms with Crippen LogP contribution in [0, 0.1) is 13.8 Å². The van der Waals surface area contributed by atoms with E-state index in [1.165, 1.54) is 11.3 Å². The first kappa shape index (κ1) is 15.6. The molecule has 2 heterocycles. The fourth-order valence-corrected chi connectivity index (χ4v) is 3.51. The van der Waals surface area contributed by atoms with Gasteiger partial charge in [0.15, 0.2) is 0 Å². The van der Waals surface area contributed by atoms with Gasteiger partial charge in [0.25, 0.3) is 0 Å². The van der Waals surface area contributed by atoms with Gasteiger partial charge in [-0.05, 0) is 38.1 Å². The maximum atomic E-state index is 11.9. The van der Waals surface area contributed by atoms with E-state index in [4.69, 9.17) is 0 Å². The Labute approximate surface area is 142 Å². The molecule has 0 aliphatic carbocycles. The number of carbonyl (C=O) groups is 1. The van der Waals surface area contributed by atoms with E-state index < -0.39 is 0 Å². The number of urea groups is 1. The first-order valence-corrected chi connectivity index (χ1v) is 8.84. The van der Waals surface area contributed by atoms with E-state index >= 15 is 0 Å². The highest BCUT2D eigenvalue weighted by Crippen LogP contribution is 2.24. The van der Waals surface area contributed by atoms with Crippen LogP contribution in [0.1, 0.15) is 16.4 Å². The third-order valence-corrected chi connectivity index (χ3v) is 5.05. The topological polar surface area (TPSA) is 66.9 Å². The normalized spacial score (nSPS) is 10.5. The Kier molecular flexibility index (Phi) is 4.68. The quantitative estimate of drug-likeness (QED) is 0.745. The fourth-order valence-electron chi connectivity index (χ4n) is 2.00. The number of thiazole rings is 2. The summed E-state index contributed by atoms with van der Waals surface area (Å²) in [5, 5.41) is 11.5. The Balaban J connectivity index is 1.56. The summed E-state index contributed by atoms with van der Waals surface area (Å²) in [6.07, 6.45) is 0. The van der Waals surface area contributed by atoms with Gasteiger partial charge in [-0.3, -0.25) is 0 Å². The number of nitrogens with one attached hydrogen (secondary N) is 2. The highest BCUT2D eigenvalue weighted by molar-refractivity contribution is 7.13. The maximum absolute atomic E-state index is 11.9. The van der Waals surface area contributed by atoms with Crippen molar-refractivity contribution in [1.29, 1.82) is 0 Å². The van der Waals surface area contributed by atoms with Crippen LogP contribution in [0.3, 0.4) is 0 Å². The number of anilines is 1. The Bertz CT molecular complexity index is 808. The zero-order valence-corrected chi connectivity index (χ0v) is 14.4. The number of hydrogen-bond donors (Lipinski definition) is 2. The van der Waals surface area contributed by atoms with Gasteiger partial charge in [-0.2, -0.15) is 0 Å². The van der Waals surface area contributed by atoms with Crippen LogP contribution in [0.4, 0.5) is 10.5 Å². The Morgan fingerprint density at radius 1 is 1.04 bits per heavy atom. The Hall–Kier alpha value is -2.25. The maximum Gasteiger partial charge on any atom is 0.319 e. The van der Waals surface area contributed by atoms with Crippen molar-refractivity contribution in [2.24, 2.45) is 0 Å². The van der Waals surface area contributed by atoms with Crippen molar-refractivity contribution in [1.82, 2.24) is 15.3 Å². The van der Waals surface area contributed by atoms with Crippen molar-refractivity contribution in [2.75, 3.05) is 5.32 Å². The molecule has 2 aromatic heterocycles. The molecule has 5 nitrogen and oxygen atoms in total. The minimum Gasteiger partial charge on any atom is -0.331 e. The minimum atomic E-state index is -0.240. The fraction of sp³-hybridized carbons (Fsp3) is 0.188. The van der Waals surface area contributed by atoms with E-state index in [0.29, 0.717) is 6.54 Å². The molecule has 0 saturated carbocycles. The van der Waals surface area contributed by atoms with E-state index in [9.17, 15) is 4.79 Å². The molecule has 1 aromatic carbocycles. The van der Waals surface area contributed by atoms with Gasteiger partial charge in [0.05, 0.1) is 6.54 Å². The molecule has 0 radical (unpaired) electrons. The molecule has 118 valence electrons. The summed E-state index contributed by atoms with van der Waals surface area (Å²) in [7, 11) is 0. The molecular weight excluding hydrogens is 328 g/mol. The van der Waals surface area contributed by atoms with Crippen LogP contribution in [0.5, 0.6) is 0 Å². The lowest BCUT2D eigenvalue weighted by Gasteiger charge is -2.07. The van der Waals surface area contributed by atoms with Gasteiger partial charge in [-0.15, -0.1) is 22.7 Å². The van der Waals surface area contributed by atoms with Crippen molar-refractivity contribution in [2.45, 2.75) is 20.4 Å². The van der Waals surface area contributed by atoms with Crippen LogP contribution >= 0.6 is 22.7 Å². The standard InChI is InChI=1S/C16H16N4OS2/c1-10-8-22-14(18-10)7-17-16(21)20-13-5-3-12(4-6-13)15-19-11(2)9-23-15/h3-6,8-9H,7H2,1-2H3,(H2,17,20,21). The average Bonchev–Trinajstić information content (AvgIpc) is 3.15. The molecular formula is C16H16N4OS2. The second-order valence-corrected chi connectivity index (χ2v) is 6.86. The molecule has 0 spiro atoms. The minimum absolute atomic E-state index is 0.240. The molecule has 7 heteroatoms. The lowest BCUT2D eigenvalue weighted by Crippen LogP contribution is -2.28. The van der Waals surface area contributed by atoms with Gasteiger partial charge in [0.2, 0.25) is 0 Å². The van der Waals surface area contributed by atoms with Crippen molar-refractivity contribution in [3.05, 3.63) is 51.4 Å². The molecule has 3 aromatic rings. The number of hydrogen-bond acceptors (Lipinski definition) is 5. The number of carbonyl (C=O) groups excluding carboxylic acids is 1. The number of amides is 2. The van der Waals surface area contributed by atoms with Gasteiger partial charge in [-0.25, -0.2) is 14.8 Å². The number of nitrogens with zero attached hydrogens (tertiary/aromatic N) is 2. The number of rotatable bonds is 4. The molecule has 0 bridgehead atoms. The second kappa shape index (κ2) is 6.89. The molecule has 0 fully saturated rings. The van der Waals surface area contributed by atoms with Crippen LogP contribution in [0.25, 0.3) is 10.6 Å². The summed E-state index contributed by atoms with van der Waals surface area (Å²) in [4.78, 5) is 20.7. The largest absolute Gasteiger partial charge is 0.331 e. The Morgan fingerprint density at radius 3 is 2.35 bits per heavy atom. The molecule has 0 atom stereocenters. The average molecular weight is 344 g/mol. The first-order chi connectivity index (χ1) is 11.1. The van der Waals surface area contributed by atoms with Gasteiger partial charge in [0, 0.05) is 33.4 Å². The summed E-state index contributed by atoms with van der Waals surface area (Å²) >= 11 is 3.15. The van der Waals surface area contributed by atoms with Crippen LogP contribution in [-0.2, 0) is 6.54 Å². The third-order valence-electron chi connectivity index (χ3n) is 3.08. The predicted molar refractivity (Wildman–Crippen MR) is 95.0 cm³/mol. The van der Waals surface area contributed by atoms with E-state index in [1.807, 2.05) is 48.9 Å². The molecule has 23 heavy (non-hydrogen) atoms. The molecule has 0 aliphatic rings. The zero-order valence-electron chi connectivity index (χ0n) is 12.8. The van der Waals surface area contributed by atoms with E-state index in [-0.39, 0.29) is 6.03 Å². The molecule has 2 amide bonds. The summed E-state index contributed by atoms with van der Waals surface area (Å²) in [6, 6.07) is 7.42. The number of aromatic nitrogens is 2. The highest BCUT2D eigenvalue weighted by atomic mass is 32.1. The predicted octanol–water partition coefficient (Wildman–Crippen LogP) is 4.21. The second-order valence-electron chi connectivity index (χ2n) is 5.06. The van der Waals surface area contributed by atoms with Crippen LogP contribution in [0.15, 0.2) is 35.0 Å².